The van der Waals surface area contributed by atoms with Crippen molar-refractivity contribution in [2.24, 2.45) is 0 Å². The lowest BCUT2D eigenvalue weighted by atomic mass is 9.84. The normalized spacial score (nSPS) is 16.6. The van der Waals surface area contributed by atoms with Crippen molar-refractivity contribution in [3.8, 4) is 5.75 Å². The summed E-state index contributed by atoms with van der Waals surface area (Å²) in [5.74, 6) is -0.639. The summed E-state index contributed by atoms with van der Waals surface area (Å²) in [6.07, 6.45) is 7.10. The van der Waals surface area contributed by atoms with Gasteiger partial charge in [0.25, 0.3) is 0 Å². The topological polar surface area (TPSA) is 55.8 Å². The minimum absolute atomic E-state index is 0.291. The van der Waals surface area contributed by atoms with Crippen LogP contribution in [-0.2, 0) is 9.53 Å². The molecule has 2 rings (SSSR count). The third-order valence-corrected chi connectivity index (χ3v) is 4.00. The van der Waals surface area contributed by atoms with Gasteiger partial charge in [0.2, 0.25) is 5.76 Å². The van der Waals surface area contributed by atoms with Gasteiger partial charge >= 0.3 is 5.97 Å². The second-order valence-corrected chi connectivity index (χ2v) is 5.56. The van der Waals surface area contributed by atoms with E-state index in [4.69, 9.17) is 26.2 Å². The Balaban J connectivity index is 2.22. The standard InChI is InChI=1S/C16H19ClO4/c1-20-10-15(16(18)19)21-14-9-12(7-8-13(14)17)11-5-3-2-4-6-11/h7-11H,2-6H2,1H3,(H,18,19)/b15-10-. The summed E-state index contributed by atoms with van der Waals surface area (Å²) in [4.78, 5) is 11.1. The first kappa shape index (κ1) is 15.7. The van der Waals surface area contributed by atoms with Crippen LogP contribution in [0.3, 0.4) is 0 Å². The smallest absolute Gasteiger partial charge is 0.375 e. The van der Waals surface area contributed by atoms with Gasteiger partial charge in [0.15, 0.2) is 0 Å². The van der Waals surface area contributed by atoms with E-state index in [-0.39, 0.29) is 5.76 Å². The van der Waals surface area contributed by atoms with Gasteiger partial charge in [0.1, 0.15) is 12.0 Å². The number of benzene rings is 1. The van der Waals surface area contributed by atoms with Gasteiger partial charge in [0.05, 0.1) is 12.1 Å². The molecule has 4 nitrogen and oxygen atoms in total. The Hall–Kier alpha value is -1.68. The SMILES string of the molecule is CO/C=C(\Oc1cc(C2CCCCC2)ccc1Cl)C(=O)O. The summed E-state index contributed by atoms with van der Waals surface area (Å²) in [5.41, 5.74) is 1.15. The largest absolute Gasteiger partial charge is 0.500 e. The zero-order valence-corrected chi connectivity index (χ0v) is 12.7. The van der Waals surface area contributed by atoms with Gasteiger partial charge in [-0.1, -0.05) is 36.9 Å². The fraction of sp³-hybridized carbons (Fsp3) is 0.438. The fourth-order valence-corrected chi connectivity index (χ4v) is 2.79. The van der Waals surface area contributed by atoms with Gasteiger partial charge in [0, 0.05) is 0 Å². The zero-order chi connectivity index (χ0) is 15.2. The number of hydrogen-bond donors (Lipinski definition) is 1. The highest BCUT2D eigenvalue weighted by Crippen LogP contribution is 2.36. The molecule has 0 saturated heterocycles. The average Bonchev–Trinajstić information content (AvgIpc) is 2.49. The summed E-state index contributed by atoms with van der Waals surface area (Å²) < 4.78 is 10.1. The van der Waals surface area contributed by atoms with Gasteiger partial charge in [-0.3, -0.25) is 0 Å². The van der Waals surface area contributed by atoms with E-state index in [1.54, 1.807) is 6.07 Å². The van der Waals surface area contributed by atoms with E-state index in [9.17, 15) is 4.79 Å². The van der Waals surface area contributed by atoms with E-state index in [1.165, 1.54) is 26.4 Å². The summed E-state index contributed by atoms with van der Waals surface area (Å²) in [7, 11) is 1.37. The maximum atomic E-state index is 11.1. The Bertz CT molecular complexity index is 533. The molecule has 5 heteroatoms. The van der Waals surface area contributed by atoms with Crippen molar-refractivity contribution >= 4 is 17.6 Å². The van der Waals surface area contributed by atoms with E-state index >= 15 is 0 Å². The molecule has 1 N–H and O–H groups in total. The number of carboxylic acids is 1. The van der Waals surface area contributed by atoms with Crippen LogP contribution >= 0.6 is 11.6 Å². The fourth-order valence-electron chi connectivity index (χ4n) is 2.63. The molecule has 0 aliphatic heterocycles. The molecule has 1 saturated carbocycles. The Labute approximate surface area is 129 Å². The first-order valence-corrected chi connectivity index (χ1v) is 7.43. The molecule has 114 valence electrons. The Morgan fingerprint density at radius 1 is 1.33 bits per heavy atom. The second kappa shape index (κ2) is 7.36. The molecule has 0 aromatic heterocycles. The van der Waals surface area contributed by atoms with E-state index in [1.807, 2.05) is 12.1 Å². The molecule has 1 aromatic carbocycles. The van der Waals surface area contributed by atoms with Crippen molar-refractivity contribution in [3.05, 3.63) is 40.8 Å². The Morgan fingerprint density at radius 2 is 2.05 bits per heavy atom. The molecular formula is C16H19ClO4. The van der Waals surface area contributed by atoms with E-state index in [0.717, 1.165) is 24.7 Å². The molecule has 0 unspecified atom stereocenters. The van der Waals surface area contributed by atoms with Crippen molar-refractivity contribution < 1.29 is 19.4 Å². The van der Waals surface area contributed by atoms with E-state index < -0.39 is 5.97 Å². The van der Waals surface area contributed by atoms with Crippen molar-refractivity contribution in [2.45, 2.75) is 38.0 Å². The van der Waals surface area contributed by atoms with Crippen LogP contribution in [0.2, 0.25) is 5.02 Å². The monoisotopic (exact) mass is 310 g/mol. The molecule has 0 bridgehead atoms. The van der Waals surface area contributed by atoms with Crippen LogP contribution < -0.4 is 4.74 Å². The first-order chi connectivity index (χ1) is 10.1. The van der Waals surface area contributed by atoms with E-state index in [2.05, 4.69) is 0 Å². The number of rotatable bonds is 5. The van der Waals surface area contributed by atoms with Gasteiger partial charge in [-0.2, -0.15) is 0 Å². The van der Waals surface area contributed by atoms with Crippen LogP contribution in [0.25, 0.3) is 0 Å². The first-order valence-electron chi connectivity index (χ1n) is 7.05. The number of halogens is 1. The third-order valence-electron chi connectivity index (χ3n) is 3.69. The molecule has 0 radical (unpaired) electrons. The van der Waals surface area contributed by atoms with Crippen LogP contribution in [-0.4, -0.2) is 18.2 Å². The van der Waals surface area contributed by atoms with Crippen molar-refractivity contribution in [2.75, 3.05) is 7.11 Å². The molecule has 1 fully saturated rings. The lowest BCUT2D eigenvalue weighted by Gasteiger charge is -2.22. The third kappa shape index (κ3) is 4.14. The predicted molar refractivity (Wildman–Crippen MR) is 80.6 cm³/mol. The molecule has 21 heavy (non-hydrogen) atoms. The number of ether oxygens (including phenoxy) is 2. The summed E-state index contributed by atoms with van der Waals surface area (Å²) in [6, 6.07) is 5.59. The lowest BCUT2D eigenvalue weighted by Crippen LogP contribution is -2.09. The number of hydrogen-bond acceptors (Lipinski definition) is 3. The van der Waals surface area contributed by atoms with Crippen molar-refractivity contribution in [1.82, 2.24) is 0 Å². The van der Waals surface area contributed by atoms with Crippen LogP contribution in [0.15, 0.2) is 30.2 Å². The van der Waals surface area contributed by atoms with Crippen LogP contribution in [0, 0.1) is 0 Å². The number of aliphatic carboxylic acids is 1. The number of carboxylic acid groups (broad SMARTS) is 1. The van der Waals surface area contributed by atoms with Crippen LogP contribution in [0.5, 0.6) is 5.75 Å². The van der Waals surface area contributed by atoms with Gasteiger partial charge < -0.3 is 14.6 Å². The minimum Gasteiger partial charge on any atom is -0.500 e. The van der Waals surface area contributed by atoms with Crippen LogP contribution in [0.4, 0.5) is 0 Å². The number of methoxy groups -OCH3 is 1. The maximum absolute atomic E-state index is 11.1. The lowest BCUT2D eigenvalue weighted by molar-refractivity contribution is -0.135. The Morgan fingerprint density at radius 3 is 2.67 bits per heavy atom. The minimum atomic E-state index is -1.20. The summed E-state index contributed by atoms with van der Waals surface area (Å²) in [5, 5.41) is 9.45. The van der Waals surface area contributed by atoms with Crippen molar-refractivity contribution in [1.29, 1.82) is 0 Å². The molecular weight excluding hydrogens is 292 g/mol. The molecule has 0 amide bonds. The molecule has 0 spiro atoms. The zero-order valence-electron chi connectivity index (χ0n) is 12.0. The highest BCUT2D eigenvalue weighted by Gasteiger charge is 2.18. The molecule has 0 heterocycles. The summed E-state index contributed by atoms with van der Waals surface area (Å²) in [6.45, 7) is 0. The molecule has 1 aliphatic rings. The van der Waals surface area contributed by atoms with Crippen LogP contribution in [0.1, 0.15) is 43.6 Å². The highest BCUT2D eigenvalue weighted by molar-refractivity contribution is 6.32. The average molecular weight is 311 g/mol. The number of carbonyl (C=O) groups is 1. The molecule has 1 aliphatic carbocycles. The van der Waals surface area contributed by atoms with Gasteiger partial charge in [-0.05, 0) is 36.5 Å². The highest BCUT2D eigenvalue weighted by atomic mass is 35.5. The molecule has 0 atom stereocenters. The van der Waals surface area contributed by atoms with Gasteiger partial charge in [-0.15, -0.1) is 0 Å². The Kier molecular flexibility index (Phi) is 5.51. The van der Waals surface area contributed by atoms with Gasteiger partial charge in [-0.25, -0.2) is 4.79 Å². The quantitative estimate of drug-likeness (QED) is 0.649. The maximum Gasteiger partial charge on any atom is 0.375 e. The molecule has 1 aromatic rings. The van der Waals surface area contributed by atoms with E-state index in [0.29, 0.717) is 16.7 Å². The summed E-state index contributed by atoms with van der Waals surface area (Å²) >= 11 is 6.10. The second-order valence-electron chi connectivity index (χ2n) is 5.15. The predicted octanol–water partition coefficient (Wildman–Crippen LogP) is 4.34. The van der Waals surface area contributed by atoms with Crippen molar-refractivity contribution in [3.63, 3.8) is 0 Å².